The molecule has 1 aliphatic carbocycles. The molecule has 0 radical (unpaired) electrons. The molecule has 2 heteroatoms. The minimum atomic E-state index is 0.388. The van der Waals surface area contributed by atoms with Gasteiger partial charge in [-0.05, 0) is 62.0 Å². The van der Waals surface area contributed by atoms with Gasteiger partial charge in [0, 0.05) is 6.04 Å². The van der Waals surface area contributed by atoms with E-state index in [0.717, 1.165) is 12.3 Å². The van der Waals surface area contributed by atoms with Gasteiger partial charge in [0.1, 0.15) is 0 Å². The minimum absolute atomic E-state index is 0.388. The van der Waals surface area contributed by atoms with Crippen LogP contribution in [0.25, 0.3) is 0 Å². The van der Waals surface area contributed by atoms with Crippen LogP contribution in [0.1, 0.15) is 62.6 Å². The molecule has 3 N–H and O–H groups in total. The Morgan fingerprint density at radius 3 is 2.43 bits per heavy atom. The molecular formula is C19H32N2. The van der Waals surface area contributed by atoms with E-state index in [9.17, 15) is 0 Å². The first-order valence-corrected chi connectivity index (χ1v) is 8.49. The van der Waals surface area contributed by atoms with Crippen LogP contribution < -0.4 is 11.3 Å². The lowest BCUT2D eigenvalue weighted by Gasteiger charge is -2.39. The highest BCUT2D eigenvalue weighted by molar-refractivity contribution is 5.31. The normalized spacial score (nSPS) is 19.1. The Labute approximate surface area is 130 Å². The molecular weight excluding hydrogens is 256 g/mol. The highest BCUT2D eigenvalue weighted by Gasteiger charge is 2.41. The summed E-state index contributed by atoms with van der Waals surface area (Å²) in [5, 5.41) is 0. The van der Waals surface area contributed by atoms with Gasteiger partial charge in [0.25, 0.3) is 0 Å². The number of hydrogen-bond acceptors (Lipinski definition) is 2. The standard InChI is InChI=1S/C19H32N2/c1-14(2)13-19(9-5-6-10-19)18(21-20)12-17-11-15(3)7-8-16(17)4/h7-8,11,14,18,21H,5-6,9-10,12-13,20H2,1-4H3. The third kappa shape index (κ3) is 3.87. The summed E-state index contributed by atoms with van der Waals surface area (Å²) in [7, 11) is 0. The Hall–Kier alpha value is -0.860. The van der Waals surface area contributed by atoms with E-state index in [0.29, 0.717) is 11.5 Å². The zero-order valence-corrected chi connectivity index (χ0v) is 14.2. The summed E-state index contributed by atoms with van der Waals surface area (Å²) in [5.41, 5.74) is 7.76. The molecule has 1 saturated carbocycles. The first-order chi connectivity index (χ1) is 9.97. The van der Waals surface area contributed by atoms with E-state index in [2.05, 4.69) is 51.3 Å². The van der Waals surface area contributed by atoms with Gasteiger partial charge in [0.15, 0.2) is 0 Å². The van der Waals surface area contributed by atoms with Crippen LogP contribution in [0.2, 0.25) is 0 Å². The van der Waals surface area contributed by atoms with E-state index in [4.69, 9.17) is 5.84 Å². The zero-order valence-electron chi connectivity index (χ0n) is 14.2. The largest absolute Gasteiger partial charge is 0.271 e. The zero-order chi connectivity index (χ0) is 15.5. The van der Waals surface area contributed by atoms with Crippen LogP contribution in [0.4, 0.5) is 0 Å². The summed E-state index contributed by atoms with van der Waals surface area (Å²) in [6, 6.07) is 7.16. The van der Waals surface area contributed by atoms with Crippen molar-refractivity contribution in [3.05, 3.63) is 34.9 Å². The van der Waals surface area contributed by atoms with Crippen molar-refractivity contribution in [1.29, 1.82) is 0 Å². The lowest BCUT2D eigenvalue weighted by atomic mass is 9.71. The van der Waals surface area contributed by atoms with Crippen molar-refractivity contribution in [2.75, 3.05) is 0 Å². The molecule has 1 fully saturated rings. The second kappa shape index (κ2) is 6.93. The topological polar surface area (TPSA) is 38.0 Å². The van der Waals surface area contributed by atoms with Crippen LogP contribution in [-0.4, -0.2) is 6.04 Å². The number of nitrogens with one attached hydrogen (secondary N) is 1. The number of aryl methyl sites for hydroxylation is 2. The first-order valence-electron chi connectivity index (χ1n) is 8.49. The average molecular weight is 288 g/mol. The Kier molecular flexibility index (Phi) is 5.45. The van der Waals surface area contributed by atoms with Gasteiger partial charge in [0.05, 0.1) is 0 Å². The predicted molar refractivity (Wildman–Crippen MR) is 91.1 cm³/mol. The molecule has 2 rings (SSSR count). The summed E-state index contributed by atoms with van der Waals surface area (Å²) >= 11 is 0. The molecule has 0 aromatic heterocycles. The van der Waals surface area contributed by atoms with Crippen LogP contribution in [0.15, 0.2) is 18.2 Å². The van der Waals surface area contributed by atoms with Gasteiger partial charge in [-0.15, -0.1) is 0 Å². The number of hydrazine groups is 1. The fourth-order valence-electron chi connectivity index (χ4n) is 4.28. The molecule has 21 heavy (non-hydrogen) atoms. The van der Waals surface area contributed by atoms with E-state index in [-0.39, 0.29) is 0 Å². The van der Waals surface area contributed by atoms with Gasteiger partial charge < -0.3 is 0 Å². The maximum Gasteiger partial charge on any atom is 0.0307 e. The molecule has 1 aromatic rings. The van der Waals surface area contributed by atoms with Crippen LogP contribution in [0.3, 0.4) is 0 Å². The van der Waals surface area contributed by atoms with Crippen LogP contribution in [0.5, 0.6) is 0 Å². The SMILES string of the molecule is Cc1ccc(C)c(CC(NN)C2(CC(C)C)CCCC2)c1. The smallest absolute Gasteiger partial charge is 0.0307 e. The van der Waals surface area contributed by atoms with Crippen LogP contribution >= 0.6 is 0 Å². The van der Waals surface area contributed by atoms with Crippen molar-refractivity contribution < 1.29 is 0 Å². The third-order valence-electron chi connectivity index (χ3n) is 5.28. The Morgan fingerprint density at radius 1 is 1.19 bits per heavy atom. The molecule has 1 unspecified atom stereocenters. The average Bonchev–Trinajstić information content (AvgIpc) is 2.88. The van der Waals surface area contributed by atoms with E-state index in [1.54, 1.807) is 0 Å². The van der Waals surface area contributed by atoms with Crippen molar-refractivity contribution in [1.82, 2.24) is 5.43 Å². The van der Waals surface area contributed by atoms with Gasteiger partial charge in [-0.3, -0.25) is 11.3 Å². The van der Waals surface area contributed by atoms with Gasteiger partial charge in [-0.2, -0.15) is 0 Å². The summed E-state index contributed by atoms with van der Waals surface area (Å²) < 4.78 is 0. The lowest BCUT2D eigenvalue weighted by Crippen LogP contribution is -2.49. The molecule has 1 atom stereocenters. The molecule has 2 nitrogen and oxygen atoms in total. The van der Waals surface area contributed by atoms with Crippen molar-refractivity contribution in [2.24, 2.45) is 17.2 Å². The highest BCUT2D eigenvalue weighted by atomic mass is 15.2. The number of nitrogens with two attached hydrogens (primary N) is 1. The van der Waals surface area contributed by atoms with Gasteiger partial charge >= 0.3 is 0 Å². The van der Waals surface area contributed by atoms with Crippen LogP contribution in [0, 0.1) is 25.2 Å². The third-order valence-corrected chi connectivity index (χ3v) is 5.28. The molecule has 118 valence electrons. The Bertz CT molecular complexity index is 459. The molecule has 0 amide bonds. The highest BCUT2D eigenvalue weighted by Crippen LogP contribution is 2.46. The van der Waals surface area contributed by atoms with E-state index >= 15 is 0 Å². The fraction of sp³-hybridized carbons (Fsp3) is 0.684. The second-order valence-corrected chi connectivity index (χ2v) is 7.52. The summed E-state index contributed by atoms with van der Waals surface area (Å²) in [4.78, 5) is 0. The van der Waals surface area contributed by atoms with Gasteiger partial charge in [0.2, 0.25) is 0 Å². The minimum Gasteiger partial charge on any atom is -0.271 e. The van der Waals surface area contributed by atoms with Crippen molar-refractivity contribution >= 4 is 0 Å². The fourth-order valence-corrected chi connectivity index (χ4v) is 4.28. The molecule has 1 aliphatic rings. The first kappa shape index (κ1) is 16.5. The molecule has 0 bridgehead atoms. The number of hydrogen-bond donors (Lipinski definition) is 2. The molecule has 1 aromatic carbocycles. The van der Waals surface area contributed by atoms with Crippen molar-refractivity contribution in [3.63, 3.8) is 0 Å². The van der Waals surface area contributed by atoms with E-state index in [1.165, 1.54) is 48.8 Å². The maximum absolute atomic E-state index is 6.00. The predicted octanol–water partition coefficient (Wildman–Crippen LogP) is 4.28. The van der Waals surface area contributed by atoms with Gasteiger partial charge in [-0.25, -0.2) is 0 Å². The van der Waals surface area contributed by atoms with E-state index < -0.39 is 0 Å². The second-order valence-electron chi connectivity index (χ2n) is 7.52. The summed E-state index contributed by atoms with van der Waals surface area (Å²) in [6.07, 6.45) is 7.70. The monoisotopic (exact) mass is 288 g/mol. The maximum atomic E-state index is 6.00. The number of benzene rings is 1. The molecule has 0 aliphatic heterocycles. The number of rotatable bonds is 6. The van der Waals surface area contributed by atoms with Crippen LogP contribution in [-0.2, 0) is 6.42 Å². The van der Waals surface area contributed by atoms with Crippen molar-refractivity contribution in [2.45, 2.75) is 72.3 Å². The quantitative estimate of drug-likeness (QED) is 0.605. The van der Waals surface area contributed by atoms with Crippen molar-refractivity contribution in [3.8, 4) is 0 Å². The summed E-state index contributed by atoms with van der Waals surface area (Å²) in [5.74, 6) is 6.73. The van der Waals surface area contributed by atoms with E-state index in [1.807, 2.05) is 0 Å². The lowest BCUT2D eigenvalue weighted by molar-refractivity contribution is 0.154. The molecule has 0 saturated heterocycles. The summed E-state index contributed by atoms with van der Waals surface area (Å²) in [6.45, 7) is 9.07. The Balaban J connectivity index is 2.22. The Morgan fingerprint density at radius 2 is 1.86 bits per heavy atom. The molecule has 0 spiro atoms. The van der Waals surface area contributed by atoms with Gasteiger partial charge in [-0.1, -0.05) is 50.5 Å². The molecule has 0 heterocycles.